The number of quaternary nitrogens is 1. The van der Waals surface area contributed by atoms with Crippen molar-refractivity contribution < 1.29 is 38.3 Å². The number of ether oxygens (including phenoxy) is 2. The Balaban J connectivity index is 0.000000324. The van der Waals surface area contributed by atoms with Gasteiger partial charge in [-0.15, -0.1) is 0 Å². The van der Waals surface area contributed by atoms with Crippen molar-refractivity contribution in [2.75, 3.05) is 13.7 Å². The second-order valence-electron chi connectivity index (χ2n) is 5.20. The van der Waals surface area contributed by atoms with Crippen molar-refractivity contribution in [3.63, 3.8) is 0 Å². The van der Waals surface area contributed by atoms with Crippen molar-refractivity contribution in [1.82, 2.24) is 0 Å². The van der Waals surface area contributed by atoms with Gasteiger partial charge in [-0.3, -0.25) is 4.79 Å². The highest BCUT2D eigenvalue weighted by molar-refractivity contribution is 6.30. The van der Waals surface area contributed by atoms with Gasteiger partial charge in [0, 0.05) is 17.9 Å². The predicted octanol–water partition coefficient (Wildman–Crippen LogP) is 0.345. The van der Waals surface area contributed by atoms with Crippen LogP contribution in [0.15, 0.2) is 18.2 Å². The molecule has 2 rings (SSSR count). The minimum atomic E-state index is -3.02. The first kappa shape index (κ1) is 21.1. The third-order valence-corrected chi connectivity index (χ3v) is 3.61. The number of hydrogen-bond donors (Lipinski definition) is 3. The molecule has 1 saturated heterocycles. The molecule has 1 amide bonds. The van der Waals surface area contributed by atoms with Crippen LogP contribution in [0.5, 0.6) is 5.75 Å². The molecule has 25 heavy (non-hydrogen) atoms. The minimum absolute atomic E-state index is 0.0139. The monoisotopic (exact) mass is 381 g/mol. The molecule has 0 aliphatic carbocycles. The highest BCUT2D eigenvalue weighted by Crippen LogP contribution is 2.26. The zero-order chi connectivity index (χ0) is 19.0. The molecular formula is C15H20ClF2N2O5+. The normalized spacial score (nSPS) is 17.4. The smallest absolute Gasteiger partial charge is 0.387 e. The molecule has 1 aliphatic heterocycles. The summed E-state index contributed by atoms with van der Waals surface area (Å²) in [6.07, 6.45) is 0.502. The van der Waals surface area contributed by atoms with E-state index in [1.807, 2.05) is 5.32 Å². The number of halogens is 3. The number of aliphatic hydroxyl groups excluding tert-OH is 1. The first-order valence-corrected chi connectivity index (χ1v) is 7.76. The van der Waals surface area contributed by atoms with Crippen LogP contribution >= 0.6 is 11.6 Å². The van der Waals surface area contributed by atoms with Gasteiger partial charge in [0.15, 0.2) is 12.1 Å². The summed E-state index contributed by atoms with van der Waals surface area (Å²) in [5, 5.41) is 11.6. The molecule has 0 bridgehead atoms. The molecule has 0 spiro atoms. The molecule has 0 aromatic heterocycles. The lowest BCUT2D eigenvalue weighted by Gasteiger charge is -2.11. The van der Waals surface area contributed by atoms with Gasteiger partial charge in [0.25, 0.3) is 5.91 Å². The van der Waals surface area contributed by atoms with E-state index in [2.05, 4.69) is 9.47 Å². The molecule has 1 aromatic carbocycles. The van der Waals surface area contributed by atoms with Crippen LogP contribution in [0, 0.1) is 0 Å². The number of benzene rings is 1. The molecule has 7 nitrogen and oxygen atoms in total. The van der Waals surface area contributed by atoms with Crippen molar-refractivity contribution in [3.05, 3.63) is 28.8 Å². The number of primary amides is 1. The Kier molecular flexibility index (Phi) is 8.53. The number of amides is 1. The number of carbonyl (C=O) groups is 2. The Morgan fingerprint density at radius 3 is 2.52 bits per heavy atom. The van der Waals surface area contributed by atoms with Crippen LogP contribution in [0.2, 0.25) is 5.02 Å². The van der Waals surface area contributed by atoms with Crippen molar-refractivity contribution in [2.24, 2.45) is 5.73 Å². The van der Waals surface area contributed by atoms with Crippen LogP contribution in [-0.4, -0.2) is 43.3 Å². The lowest BCUT2D eigenvalue weighted by Crippen LogP contribution is -2.89. The van der Waals surface area contributed by atoms with Crippen molar-refractivity contribution in [1.29, 1.82) is 0 Å². The molecule has 140 valence electrons. The number of nitrogens with two attached hydrogens (primary N) is 2. The highest BCUT2D eigenvalue weighted by Gasteiger charge is 2.23. The topological polar surface area (TPSA) is 115 Å². The van der Waals surface area contributed by atoms with Gasteiger partial charge >= 0.3 is 12.6 Å². The van der Waals surface area contributed by atoms with Gasteiger partial charge < -0.3 is 25.6 Å². The van der Waals surface area contributed by atoms with Gasteiger partial charge in [-0.2, -0.15) is 8.78 Å². The number of carbonyl (C=O) groups excluding carboxylic acids is 2. The van der Waals surface area contributed by atoms with Crippen LogP contribution in [-0.2, 0) is 14.3 Å². The molecule has 10 heteroatoms. The molecule has 1 aliphatic rings. The van der Waals surface area contributed by atoms with Crippen molar-refractivity contribution in [2.45, 2.75) is 31.6 Å². The largest absolute Gasteiger partial charge is 0.467 e. The van der Waals surface area contributed by atoms with Gasteiger partial charge in [-0.25, -0.2) is 4.79 Å². The second kappa shape index (κ2) is 10.1. The zero-order valence-corrected chi connectivity index (χ0v) is 14.2. The molecule has 1 fully saturated rings. The van der Waals surface area contributed by atoms with E-state index in [9.17, 15) is 23.5 Å². The quantitative estimate of drug-likeness (QED) is 0.636. The van der Waals surface area contributed by atoms with Crippen LogP contribution in [0.3, 0.4) is 0 Å². The summed E-state index contributed by atoms with van der Waals surface area (Å²) in [7, 11) is 1.09. The fourth-order valence-electron chi connectivity index (χ4n) is 2.19. The molecule has 0 radical (unpaired) electrons. The maximum Gasteiger partial charge on any atom is 0.387 e. The van der Waals surface area contributed by atoms with E-state index in [4.69, 9.17) is 17.3 Å². The highest BCUT2D eigenvalue weighted by atomic mass is 35.5. The van der Waals surface area contributed by atoms with Gasteiger partial charge in [-0.1, -0.05) is 11.6 Å². The number of alkyl halides is 2. The molecule has 5 N–H and O–H groups in total. The van der Waals surface area contributed by atoms with Gasteiger partial charge in [0.1, 0.15) is 5.75 Å². The zero-order valence-electron chi connectivity index (χ0n) is 13.5. The molecule has 1 unspecified atom stereocenters. The average molecular weight is 382 g/mol. The first-order chi connectivity index (χ1) is 11.7. The number of rotatable bonds is 5. The summed E-state index contributed by atoms with van der Waals surface area (Å²) in [6, 6.07) is 3.55. The van der Waals surface area contributed by atoms with Gasteiger partial charge in [0.2, 0.25) is 0 Å². The van der Waals surface area contributed by atoms with E-state index in [-0.39, 0.29) is 28.3 Å². The van der Waals surface area contributed by atoms with Crippen molar-refractivity contribution >= 4 is 23.5 Å². The van der Waals surface area contributed by atoms with E-state index in [0.717, 1.165) is 38.6 Å². The fourth-order valence-corrected chi connectivity index (χ4v) is 2.43. The number of methoxy groups -OCH3 is 1. The van der Waals surface area contributed by atoms with E-state index < -0.39 is 18.7 Å². The molecule has 2 atom stereocenters. The summed E-state index contributed by atoms with van der Waals surface area (Å²) < 4.78 is 32.4. The van der Waals surface area contributed by atoms with Gasteiger partial charge in [-0.05, 0) is 23.8 Å². The summed E-state index contributed by atoms with van der Waals surface area (Å²) in [4.78, 5) is 21.4. The summed E-state index contributed by atoms with van der Waals surface area (Å²) in [6.45, 7) is -1.95. The van der Waals surface area contributed by atoms with Crippen molar-refractivity contribution in [3.8, 4) is 5.75 Å². The average Bonchev–Trinajstić information content (AvgIpc) is 3.07. The molecule has 1 heterocycles. The summed E-state index contributed by atoms with van der Waals surface area (Å²) in [5.41, 5.74) is 5.04. The molecule has 1 aromatic rings. The van der Waals surface area contributed by atoms with E-state index >= 15 is 0 Å². The fraction of sp³-hybridized carbons (Fsp3) is 0.467. The Bertz CT molecular complexity index is 597. The summed E-state index contributed by atoms with van der Waals surface area (Å²) >= 11 is 5.64. The van der Waals surface area contributed by atoms with E-state index in [1.54, 1.807) is 0 Å². The molecule has 0 saturated carbocycles. The second-order valence-corrected chi connectivity index (χ2v) is 5.64. The Morgan fingerprint density at radius 2 is 2.08 bits per heavy atom. The van der Waals surface area contributed by atoms with Crippen LogP contribution in [0.1, 0.15) is 24.5 Å². The lowest BCUT2D eigenvalue weighted by atomic mass is 10.1. The van der Waals surface area contributed by atoms with Crippen LogP contribution < -0.4 is 15.8 Å². The maximum absolute atomic E-state index is 12.0. The Hall–Kier alpha value is -1.97. The van der Waals surface area contributed by atoms with Crippen LogP contribution in [0.4, 0.5) is 8.78 Å². The Morgan fingerprint density at radius 1 is 1.40 bits per heavy atom. The third kappa shape index (κ3) is 7.20. The first-order valence-electron chi connectivity index (χ1n) is 7.38. The predicted molar refractivity (Wildman–Crippen MR) is 84.1 cm³/mol. The molecular weight excluding hydrogens is 362 g/mol. The van der Waals surface area contributed by atoms with Crippen LogP contribution in [0.25, 0.3) is 0 Å². The third-order valence-electron chi connectivity index (χ3n) is 3.39. The maximum atomic E-state index is 12.0. The lowest BCUT2D eigenvalue weighted by molar-refractivity contribution is -0.657. The summed E-state index contributed by atoms with van der Waals surface area (Å²) in [5.74, 6) is -1.33. The number of aliphatic hydroxyl groups is 1. The number of hydrogen-bond acceptors (Lipinski definition) is 5. The van der Waals surface area contributed by atoms with Gasteiger partial charge in [0.05, 0.1) is 13.7 Å². The van der Waals surface area contributed by atoms with E-state index in [1.165, 1.54) is 6.07 Å². The number of esters is 1. The van der Waals surface area contributed by atoms with E-state index in [0.29, 0.717) is 0 Å². The standard InChI is InChI=1S/C10H9ClF2O4.C5H10N2O/c1-16-9(15)8(14)5-2-6(11)4-7(3-5)17-10(12)13;6-5(8)4-2-1-3-7-4/h2-4,8,10,14H,1H3;4,7H,1-3H2,(H2,6,8)/p+1/t;4-/m.1/s1. The SMILES string of the molecule is COC(=O)C(O)c1cc(Cl)cc(OC(F)F)c1.NC(=O)[C@H]1CCC[NH2+]1. The minimum Gasteiger partial charge on any atom is -0.467 e. The Labute approximate surface area is 148 Å².